The van der Waals surface area contributed by atoms with Crippen LogP contribution in [0.5, 0.6) is 0 Å². The summed E-state index contributed by atoms with van der Waals surface area (Å²) in [6.07, 6.45) is 5.23. The first-order valence-corrected chi connectivity index (χ1v) is 18.7. The van der Waals surface area contributed by atoms with Crippen molar-refractivity contribution in [1.82, 2.24) is 5.32 Å². The summed E-state index contributed by atoms with van der Waals surface area (Å²) >= 11 is 6.23. The Labute approximate surface area is 312 Å². The van der Waals surface area contributed by atoms with Gasteiger partial charge >= 0.3 is 5.97 Å². The van der Waals surface area contributed by atoms with Crippen LogP contribution in [0.1, 0.15) is 56.7 Å². The number of amides is 3. The molecule has 3 aromatic carbocycles. The molecule has 9 nitrogen and oxygen atoms in total. The molecule has 260 valence electrons. The van der Waals surface area contributed by atoms with E-state index in [9.17, 15) is 19.2 Å². The number of benzene rings is 3. The minimum Gasteiger partial charge on any atom is -0.465 e. The van der Waals surface area contributed by atoms with Gasteiger partial charge in [-0.2, -0.15) is 0 Å². The number of carbonyl (C=O) groups is 4. The first-order valence-electron chi connectivity index (χ1n) is 16.2. The summed E-state index contributed by atoms with van der Waals surface area (Å²) in [4.78, 5) is 54.4. The van der Waals surface area contributed by atoms with E-state index in [0.717, 1.165) is 51.1 Å². The maximum Gasteiger partial charge on any atom is 0.341 e. The average molecular weight is 785 g/mol. The van der Waals surface area contributed by atoms with Gasteiger partial charge in [0.05, 0.1) is 17.9 Å². The number of rotatable bonds is 11. The molecule has 0 aliphatic heterocycles. The SMILES string of the molecule is COC(=O)c1c(NC(=O)C(C)Sc2ccc(NC(=O)C(=Cc3ccc(-c4ccc(Br)cc4)o3)NC(=O)c3ccccc3)cc2)sc2c1CCCC2. The van der Waals surface area contributed by atoms with Crippen LogP contribution in [0, 0.1) is 0 Å². The van der Waals surface area contributed by atoms with Crippen molar-refractivity contribution in [3.8, 4) is 11.3 Å². The number of thioether (sulfide) groups is 1. The van der Waals surface area contributed by atoms with Crippen molar-refractivity contribution in [1.29, 1.82) is 0 Å². The van der Waals surface area contributed by atoms with Crippen LogP contribution in [0.3, 0.4) is 0 Å². The molecule has 0 saturated heterocycles. The Balaban J connectivity index is 1.13. The summed E-state index contributed by atoms with van der Waals surface area (Å²) in [6.45, 7) is 1.80. The highest BCUT2D eigenvalue weighted by Crippen LogP contribution is 2.39. The number of fused-ring (bicyclic) bond motifs is 1. The lowest BCUT2D eigenvalue weighted by molar-refractivity contribution is -0.115. The van der Waals surface area contributed by atoms with Gasteiger partial charge in [-0.05, 0) is 98.8 Å². The Hall–Kier alpha value is -4.91. The van der Waals surface area contributed by atoms with Gasteiger partial charge in [-0.3, -0.25) is 14.4 Å². The molecule has 3 N–H and O–H groups in total. The molecular weight excluding hydrogens is 750 g/mol. The molecule has 2 aromatic heterocycles. The molecule has 0 bridgehead atoms. The molecule has 2 heterocycles. The largest absolute Gasteiger partial charge is 0.465 e. The number of esters is 1. The number of halogens is 1. The lowest BCUT2D eigenvalue weighted by atomic mass is 9.95. The fraction of sp³-hybridized carbons (Fsp3) is 0.179. The predicted molar refractivity (Wildman–Crippen MR) is 205 cm³/mol. The summed E-state index contributed by atoms with van der Waals surface area (Å²) < 4.78 is 12.0. The predicted octanol–water partition coefficient (Wildman–Crippen LogP) is 8.96. The third-order valence-electron chi connectivity index (χ3n) is 8.16. The van der Waals surface area contributed by atoms with E-state index in [-0.39, 0.29) is 11.6 Å². The van der Waals surface area contributed by atoms with Crippen LogP contribution in [-0.2, 0) is 27.2 Å². The molecule has 1 unspecified atom stereocenters. The highest BCUT2D eigenvalue weighted by molar-refractivity contribution is 9.10. The Morgan fingerprint density at radius 2 is 1.63 bits per heavy atom. The van der Waals surface area contributed by atoms with E-state index in [1.165, 1.54) is 36.3 Å². The normalized spacial score (nSPS) is 13.1. The number of hydrogen-bond donors (Lipinski definition) is 3. The van der Waals surface area contributed by atoms with Gasteiger partial charge in [-0.15, -0.1) is 23.1 Å². The van der Waals surface area contributed by atoms with Crippen molar-refractivity contribution in [2.24, 2.45) is 0 Å². The second kappa shape index (κ2) is 16.4. The van der Waals surface area contributed by atoms with Gasteiger partial charge in [-0.25, -0.2) is 4.79 Å². The molecule has 6 rings (SSSR count). The Morgan fingerprint density at radius 1 is 0.902 bits per heavy atom. The number of thiophene rings is 1. The molecule has 0 spiro atoms. The molecule has 0 radical (unpaired) electrons. The molecule has 0 saturated carbocycles. The number of hydrogen-bond acceptors (Lipinski definition) is 8. The number of aryl methyl sites for hydroxylation is 1. The van der Waals surface area contributed by atoms with Crippen LogP contribution in [0.15, 0.2) is 110 Å². The van der Waals surface area contributed by atoms with Crippen LogP contribution in [0.25, 0.3) is 17.4 Å². The topological polar surface area (TPSA) is 127 Å². The van der Waals surface area contributed by atoms with E-state index < -0.39 is 23.0 Å². The van der Waals surface area contributed by atoms with Crippen molar-refractivity contribution in [2.75, 3.05) is 17.7 Å². The van der Waals surface area contributed by atoms with Crippen LogP contribution < -0.4 is 16.0 Å². The van der Waals surface area contributed by atoms with Crippen molar-refractivity contribution in [2.45, 2.75) is 42.8 Å². The van der Waals surface area contributed by atoms with Crippen LogP contribution in [0.4, 0.5) is 10.7 Å². The summed E-state index contributed by atoms with van der Waals surface area (Å²) in [7, 11) is 1.35. The first kappa shape index (κ1) is 35.9. The second-order valence-electron chi connectivity index (χ2n) is 11.7. The molecule has 1 atom stereocenters. The lowest BCUT2D eigenvalue weighted by Crippen LogP contribution is -2.30. The van der Waals surface area contributed by atoms with Crippen LogP contribution >= 0.6 is 39.0 Å². The van der Waals surface area contributed by atoms with Crippen molar-refractivity contribution in [3.63, 3.8) is 0 Å². The highest BCUT2D eigenvalue weighted by atomic mass is 79.9. The van der Waals surface area contributed by atoms with E-state index in [1.54, 1.807) is 73.7 Å². The number of anilines is 2. The van der Waals surface area contributed by atoms with E-state index in [1.807, 2.05) is 24.3 Å². The molecule has 12 heteroatoms. The Morgan fingerprint density at radius 3 is 2.35 bits per heavy atom. The van der Waals surface area contributed by atoms with Gasteiger partial charge in [0.2, 0.25) is 5.91 Å². The van der Waals surface area contributed by atoms with E-state index in [4.69, 9.17) is 9.15 Å². The Bertz CT molecular complexity index is 2090. The number of ether oxygens (including phenoxy) is 1. The van der Waals surface area contributed by atoms with Crippen molar-refractivity contribution >= 4 is 79.5 Å². The zero-order valence-corrected chi connectivity index (χ0v) is 31.0. The fourth-order valence-electron chi connectivity index (χ4n) is 5.54. The highest BCUT2D eigenvalue weighted by Gasteiger charge is 2.28. The number of carbonyl (C=O) groups excluding carboxylic acids is 4. The molecule has 1 aliphatic rings. The van der Waals surface area contributed by atoms with E-state index in [0.29, 0.717) is 33.3 Å². The van der Waals surface area contributed by atoms with Gasteiger partial charge < -0.3 is 25.1 Å². The smallest absolute Gasteiger partial charge is 0.341 e. The fourth-order valence-corrected chi connectivity index (χ4v) is 7.95. The van der Waals surface area contributed by atoms with Gasteiger partial charge in [0, 0.05) is 37.1 Å². The molecular formula is C39H34BrN3O6S2. The molecule has 1 aliphatic carbocycles. The number of furan rings is 1. The standard InChI is InChI=1S/C39H34BrN3O6S2/c1-23(35(44)43-38-34(39(47)48-2)30-10-6-7-11-33(30)51-38)50-29-19-16-27(17-20-29)41-37(46)31(42-36(45)25-8-4-3-5-9-25)22-28-18-21-32(49-28)24-12-14-26(40)15-13-24/h3-5,8-9,12-23H,6-7,10-11H2,1-2H3,(H,41,46)(H,42,45)(H,43,44). The third kappa shape index (κ3) is 8.88. The zero-order chi connectivity index (χ0) is 35.9. The van der Waals surface area contributed by atoms with Crippen LogP contribution in [0.2, 0.25) is 0 Å². The number of methoxy groups -OCH3 is 1. The lowest BCUT2D eigenvalue weighted by Gasteiger charge is -2.14. The van der Waals surface area contributed by atoms with Gasteiger partial charge in [0.25, 0.3) is 11.8 Å². The zero-order valence-electron chi connectivity index (χ0n) is 27.8. The van der Waals surface area contributed by atoms with E-state index in [2.05, 4.69) is 31.9 Å². The quantitative estimate of drug-likeness (QED) is 0.0694. The van der Waals surface area contributed by atoms with Crippen molar-refractivity contribution in [3.05, 3.63) is 128 Å². The van der Waals surface area contributed by atoms with Gasteiger partial charge in [0.1, 0.15) is 22.2 Å². The maximum atomic E-state index is 13.6. The van der Waals surface area contributed by atoms with Gasteiger partial charge in [0.15, 0.2) is 0 Å². The minimum atomic E-state index is -0.547. The molecule has 3 amide bonds. The molecule has 51 heavy (non-hydrogen) atoms. The first-order chi connectivity index (χ1) is 24.7. The van der Waals surface area contributed by atoms with Crippen LogP contribution in [-0.4, -0.2) is 36.1 Å². The average Bonchev–Trinajstić information content (AvgIpc) is 3.76. The van der Waals surface area contributed by atoms with Gasteiger partial charge in [-0.1, -0.05) is 46.3 Å². The summed E-state index contributed by atoms with van der Waals surface area (Å²) in [5.41, 5.74) is 3.19. The monoisotopic (exact) mass is 783 g/mol. The summed E-state index contributed by atoms with van der Waals surface area (Å²) in [6, 6.07) is 26.8. The minimum absolute atomic E-state index is 0.00844. The maximum absolute atomic E-state index is 13.6. The number of nitrogens with one attached hydrogen (secondary N) is 3. The van der Waals surface area contributed by atoms with Crippen molar-refractivity contribution < 1.29 is 28.3 Å². The summed E-state index contributed by atoms with van der Waals surface area (Å²) in [5.74, 6) is -0.670. The third-order valence-corrected chi connectivity index (χ3v) is 11.0. The molecule has 0 fully saturated rings. The summed E-state index contributed by atoms with van der Waals surface area (Å²) in [5, 5.41) is 8.59. The molecule has 5 aromatic rings. The van der Waals surface area contributed by atoms with E-state index >= 15 is 0 Å². The Kier molecular flexibility index (Phi) is 11.5. The second-order valence-corrected chi connectivity index (χ2v) is 15.2.